The number of anilines is 2. The number of carboxylic acids is 2. The highest BCUT2D eigenvalue weighted by Gasteiger charge is 2.48. The molecule has 1 aliphatic carbocycles. The summed E-state index contributed by atoms with van der Waals surface area (Å²) >= 11 is 0. The van der Waals surface area contributed by atoms with Crippen molar-refractivity contribution >= 4 is 46.9 Å². The summed E-state index contributed by atoms with van der Waals surface area (Å²) in [5, 5.41) is 25.5. The maximum absolute atomic E-state index is 13.7. The number of rotatable bonds is 9. The van der Waals surface area contributed by atoms with E-state index < -0.39 is 54.7 Å². The number of nitrogens with one attached hydrogen (secondary N) is 3. The molecule has 176 valence electrons. The van der Waals surface area contributed by atoms with Crippen LogP contribution in [0.15, 0.2) is 18.2 Å². The van der Waals surface area contributed by atoms with Gasteiger partial charge in [-0.25, -0.2) is 0 Å². The van der Waals surface area contributed by atoms with Crippen LogP contribution >= 0.6 is 0 Å². The monoisotopic (exact) mass is 460 g/mol. The molecule has 1 saturated carbocycles. The lowest BCUT2D eigenvalue weighted by atomic mass is 10.0. The lowest BCUT2D eigenvalue weighted by Crippen LogP contribution is -2.57. The van der Waals surface area contributed by atoms with Crippen LogP contribution in [0.1, 0.15) is 43.0 Å². The number of carbonyl (C=O) groups is 6. The Morgan fingerprint density at radius 2 is 1.85 bits per heavy atom. The number of hydrogen-bond donors (Lipinski definition) is 5. The minimum Gasteiger partial charge on any atom is -0.481 e. The third kappa shape index (κ3) is 5.64. The Bertz CT molecular complexity index is 1020. The van der Waals surface area contributed by atoms with Crippen LogP contribution in [0, 0.1) is 5.92 Å². The molecule has 3 rings (SSSR count). The average Bonchev–Trinajstić information content (AvgIpc) is 3.56. The number of carboxylic acid groups (broad SMARTS) is 2. The van der Waals surface area contributed by atoms with Gasteiger partial charge in [0.15, 0.2) is 0 Å². The number of aliphatic carboxylic acids is 2. The largest absolute Gasteiger partial charge is 0.481 e. The predicted molar refractivity (Wildman–Crippen MR) is 113 cm³/mol. The second kappa shape index (κ2) is 9.67. The second-order valence-electron chi connectivity index (χ2n) is 7.99. The first-order valence-corrected chi connectivity index (χ1v) is 10.3. The molecule has 0 aromatic heterocycles. The van der Waals surface area contributed by atoms with Gasteiger partial charge in [-0.15, -0.1) is 0 Å². The van der Waals surface area contributed by atoms with E-state index in [0.29, 0.717) is 18.5 Å². The lowest BCUT2D eigenvalue weighted by molar-refractivity contribution is -0.140. The molecule has 0 radical (unpaired) electrons. The first kappa shape index (κ1) is 23.7. The zero-order chi connectivity index (χ0) is 24.3. The molecular formula is C21H24N4O8. The lowest BCUT2D eigenvalue weighted by Gasteiger charge is -2.35. The van der Waals surface area contributed by atoms with Crippen molar-refractivity contribution in [3.05, 3.63) is 23.8 Å². The molecule has 0 bridgehead atoms. The van der Waals surface area contributed by atoms with Gasteiger partial charge in [0.25, 0.3) is 5.91 Å². The second-order valence-corrected chi connectivity index (χ2v) is 7.99. The SMILES string of the molecule is CC(=O)Nc1ccc2c(c1)C(=O)N(C(C(=O)NCC(=O)O)C1CC1)[C@@H](CCC(=O)O)C(=O)N2. The predicted octanol–water partition coefficient (Wildman–Crippen LogP) is 0.252. The molecule has 0 spiro atoms. The van der Waals surface area contributed by atoms with E-state index in [1.165, 1.54) is 25.1 Å². The highest BCUT2D eigenvalue weighted by Crippen LogP contribution is 2.39. The third-order valence-corrected chi connectivity index (χ3v) is 5.38. The van der Waals surface area contributed by atoms with Crippen molar-refractivity contribution in [2.75, 3.05) is 17.2 Å². The average molecular weight is 460 g/mol. The molecule has 4 amide bonds. The Labute approximate surface area is 188 Å². The molecule has 0 saturated heterocycles. The Hall–Kier alpha value is -3.96. The Morgan fingerprint density at radius 3 is 2.42 bits per heavy atom. The number of hydrogen-bond acceptors (Lipinski definition) is 6. The van der Waals surface area contributed by atoms with E-state index in [2.05, 4.69) is 16.0 Å². The highest BCUT2D eigenvalue weighted by molar-refractivity contribution is 6.12. The van der Waals surface area contributed by atoms with Crippen LogP contribution in [-0.2, 0) is 24.0 Å². The van der Waals surface area contributed by atoms with Gasteiger partial charge in [-0.1, -0.05) is 0 Å². The van der Waals surface area contributed by atoms with Gasteiger partial charge in [-0.2, -0.15) is 0 Å². The van der Waals surface area contributed by atoms with Gasteiger partial charge >= 0.3 is 11.9 Å². The molecule has 12 nitrogen and oxygen atoms in total. The van der Waals surface area contributed by atoms with Gasteiger partial charge in [0, 0.05) is 19.0 Å². The summed E-state index contributed by atoms with van der Waals surface area (Å²) in [6.07, 6.45) is 0.500. The zero-order valence-electron chi connectivity index (χ0n) is 17.8. The number of fused-ring (bicyclic) bond motifs is 1. The summed E-state index contributed by atoms with van der Waals surface area (Å²) in [4.78, 5) is 74.3. The number of amides is 4. The molecule has 5 N–H and O–H groups in total. The molecule has 12 heteroatoms. The minimum absolute atomic E-state index is 0.0177. The first-order chi connectivity index (χ1) is 15.6. The van der Waals surface area contributed by atoms with Crippen LogP contribution in [0.25, 0.3) is 0 Å². The van der Waals surface area contributed by atoms with E-state index in [1.807, 2.05) is 0 Å². The molecule has 1 fully saturated rings. The van der Waals surface area contributed by atoms with Gasteiger partial charge in [0.05, 0.1) is 11.3 Å². The van der Waals surface area contributed by atoms with Crippen LogP contribution in [-0.4, -0.2) is 69.3 Å². The summed E-state index contributed by atoms with van der Waals surface area (Å²) in [7, 11) is 0. The maximum Gasteiger partial charge on any atom is 0.322 e. The summed E-state index contributed by atoms with van der Waals surface area (Å²) in [5.41, 5.74) is 0.470. The third-order valence-electron chi connectivity index (χ3n) is 5.38. The fraction of sp³-hybridized carbons (Fsp3) is 0.429. The summed E-state index contributed by atoms with van der Waals surface area (Å²) in [6, 6.07) is 1.87. The molecular weight excluding hydrogens is 436 g/mol. The van der Waals surface area contributed by atoms with E-state index in [-0.39, 0.29) is 29.5 Å². The molecule has 1 unspecified atom stereocenters. The number of carbonyl (C=O) groups excluding carboxylic acids is 4. The van der Waals surface area contributed by atoms with Gasteiger partial charge in [0.1, 0.15) is 18.6 Å². The molecule has 2 aliphatic rings. The van der Waals surface area contributed by atoms with E-state index >= 15 is 0 Å². The van der Waals surface area contributed by atoms with Crippen molar-refractivity contribution in [1.82, 2.24) is 10.2 Å². The zero-order valence-corrected chi connectivity index (χ0v) is 17.8. The van der Waals surface area contributed by atoms with Gasteiger partial charge < -0.3 is 31.1 Å². The Kier molecular flexibility index (Phi) is 6.95. The van der Waals surface area contributed by atoms with Gasteiger partial charge in [0.2, 0.25) is 17.7 Å². The standard InChI is InChI=1S/C21H24N4O8/c1-10(26)23-12-4-5-14-13(8-12)21(33)25(15(19(31)24-14)6-7-16(27)28)18(11-2-3-11)20(32)22-9-17(29)30/h4-5,8,11,15,18H,2-3,6-7,9H2,1H3,(H,22,32)(H,23,26)(H,24,31)(H,27,28)(H,29,30)/t15-,18?/m0/s1. The van der Waals surface area contributed by atoms with Gasteiger partial charge in [-0.05, 0) is 43.4 Å². The van der Waals surface area contributed by atoms with Crippen molar-refractivity contribution < 1.29 is 39.0 Å². The van der Waals surface area contributed by atoms with Crippen LogP contribution in [0.4, 0.5) is 11.4 Å². The van der Waals surface area contributed by atoms with Gasteiger partial charge in [-0.3, -0.25) is 28.8 Å². The quantitative estimate of drug-likeness (QED) is 0.347. The van der Waals surface area contributed by atoms with Crippen molar-refractivity contribution in [2.45, 2.75) is 44.7 Å². The molecule has 1 aromatic rings. The molecule has 33 heavy (non-hydrogen) atoms. The highest BCUT2D eigenvalue weighted by atomic mass is 16.4. The Balaban J connectivity index is 2.05. The van der Waals surface area contributed by atoms with Crippen molar-refractivity contribution in [3.63, 3.8) is 0 Å². The smallest absolute Gasteiger partial charge is 0.322 e. The van der Waals surface area contributed by atoms with Crippen LogP contribution < -0.4 is 16.0 Å². The minimum atomic E-state index is -1.27. The van der Waals surface area contributed by atoms with Crippen molar-refractivity contribution in [2.24, 2.45) is 5.92 Å². The van der Waals surface area contributed by atoms with Crippen LogP contribution in [0.5, 0.6) is 0 Å². The maximum atomic E-state index is 13.7. The van der Waals surface area contributed by atoms with E-state index in [9.17, 15) is 28.8 Å². The normalized spacial score (nSPS) is 18.5. The topological polar surface area (TPSA) is 182 Å². The summed E-state index contributed by atoms with van der Waals surface area (Å²) in [6.45, 7) is 0.624. The molecule has 1 aliphatic heterocycles. The number of nitrogens with zero attached hydrogens (tertiary/aromatic N) is 1. The summed E-state index contributed by atoms with van der Waals surface area (Å²) in [5.74, 6) is -5.22. The van der Waals surface area contributed by atoms with Crippen molar-refractivity contribution in [3.8, 4) is 0 Å². The van der Waals surface area contributed by atoms with E-state index in [1.54, 1.807) is 0 Å². The van der Waals surface area contributed by atoms with E-state index in [4.69, 9.17) is 10.2 Å². The number of benzene rings is 1. The molecule has 1 aromatic carbocycles. The van der Waals surface area contributed by atoms with E-state index in [0.717, 1.165) is 4.90 Å². The first-order valence-electron chi connectivity index (χ1n) is 10.3. The Morgan fingerprint density at radius 1 is 1.15 bits per heavy atom. The van der Waals surface area contributed by atoms with Crippen molar-refractivity contribution in [1.29, 1.82) is 0 Å². The molecule has 2 atom stereocenters. The summed E-state index contributed by atoms with van der Waals surface area (Å²) < 4.78 is 0. The molecule has 1 heterocycles. The van der Waals surface area contributed by atoms with Crippen LogP contribution in [0.2, 0.25) is 0 Å². The fourth-order valence-electron chi connectivity index (χ4n) is 3.83. The fourth-order valence-corrected chi connectivity index (χ4v) is 3.83. The van der Waals surface area contributed by atoms with Crippen LogP contribution in [0.3, 0.4) is 0 Å².